The van der Waals surface area contributed by atoms with Crippen LogP contribution in [-0.4, -0.2) is 18.6 Å². The van der Waals surface area contributed by atoms with Crippen molar-refractivity contribution in [2.45, 2.75) is 19.5 Å². The van der Waals surface area contributed by atoms with E-state index >= 15 is 0 Å². The Kier molecular flexibility index (Phi) is 4.86. The van der Waals surface area contributed by atoms with Gasteiger partial charge in [-0.15, -0.1) is 6.42 Å². The molecule has 0 radical (unpaired) electrons. The molecule has 2 aromatic rings. The van der Waals surface area contributed by atoms with Crippen molar-refractivity contribution in [2.24, 2.45) is 0 Å². The number of hydrogen-bond acceptors (Lipinski definition) is 3. The van der Waals surface area contributed by atoms with Crippen LogP contribution in [0.4, 0.5) is 0 Å². The van der Waals surface area contributed by atoms with Gasteiger partial charge in [-0.3, -0.25) is 4.90 Å². The highest BCUT2D eigenvalue weighted by atomic mass is 16.5. The first-order valence-corrected chi connectivity index (χ1v) is 6.59. The Labute approximate surface area is 120 Å². The van der Waals surface area contributed by atoms with Gasteiger partial charge in [0.1, 0.15) is 18.1 Å². The van der Waals surface area contributed by atoms with Crippen LogP contribution in [0.15, 0.2) is 47.1 Å². The molecule has 3 nitrogen and oxygen atoms in total. The monoisotopic (exact) mass is 269 g/mol. The number of benzene rings is 1. The van der Waals surface area contributed by atoms with E-state index in [1.54, 1.807) is 6.26 Å². The van der Waals surface area contributed by atoms with E-state index in [2.05, 4.69) is 30.9 Å². The van der Waals surface area contributed by atoms with Gasteiger partial charge in [0, 0.05) is 6.54 Å². The first kappa shape index (κ1) is 14.2. The van der Waals surface area contributed by atoms with Crippen LogP contribution in [0.1, 0.15) is 24.3 Å². The third-order valence-electron chi connectivity index (χ3n) is 3.27. The van der Waals surface area contributed by atoms with Gasteiger partial charge in [0.05, 0.1) is 12.3 Å². The minimum absolute atomic E-state index is 0.222. The Hall–Kier alpha value is -2.18. The SMILES string of the molecule is C#CCOc1cccc(CN(C)[C@H](C)c2ccco2)c1. The normalized spacial score (nSPS) is 12.1. The van der Waals surface area contributed by atoms with E-state index < -0.39 is 0 Å². The Morgan fingerprint density at radius 2 is 2.20 bits per heavy atom. The van der Waals surface area contributed by atoms with Crippen LogP contribution >= 0.6 is 0 Å². The summed E-state index contributed by atoms with van der Waals surface area (Å²) in [6.07, 6.45) is 6.90. The molecule has 2 rings (SSSR count). The van der Waals surface area contributed by atoms with Crippen LogP contribution in [0.5, 0.6) is 5.75 Å². The molecule has 0 N–H and O–H groups in total. The fraction of sp³-hybridized carbons (Fsp3) is 0.294. The summed E-state index contributed by atoms with van der Waals surface area (Å²) < 4.78 is 10.9. The van der Waals surface area contributed by atoms with Crippen molar-refractivity contribution in [3.05, 3.63) is 54.0 Å². The summed E-state index contributed by atoms with van der Waals surface area (Å²) in [5.74, 6) is 4.24. The molecule has 1 heterocycles. The molecule has 1 aromatic heterocycles. The van der Waals surface area contributed by atoms with Crippen LogP contribution in [0.25, 0.3) is 0 Å². The van der Waals surface area contributed by atoms with Gasteiger partial charge in [-0.25, -0.2) is 0 Å². The fourth-order valence-corrected chi connectivity index (χ4v) is 2.03. The van der Waals surface area contributed by atoms with Gasteiger partial charge in [0.15, 0.2) is 0 Å². The quantitative estimate of drug-likeness (QED) is 0.751. The number of furan rings is 1. The zero-order valence-electron chi connectivity index (χ0n) is 11.9. The molecule has 0 spiro atoms. The number of rotatable bonds is 6. The highest BCUT2D eigenvalue weighted by molar-refractivity contribution is 5.29. The van der Waals surface area contributed by atoms with E-state index in [1.807, 2.05) is 30.3 Å². The van der Waals surface area contributed by atoms with Crippen molar-refractivity contribution >= 4 is 0 Å². The maximum atomic E-state index is 5.44. The van der Waals surface area contributed by atoms with Gasteiger partial charge in [0.2, 0.25) is 0 Å². The van der Waals surface area contributed by atoms with Crippen molar-refractivity contribution < 1.29 is 9.15 Å². The van der Waals surface area contributed by atoms with Gasteiger partial charge < -0.3 is 9.15 Å². The molecule has 0 amide bonds. The van der Waals surface area contributed by atoms with E-state index in [4.69, 9.17) is 15.6 Å². The molecule has 0 saturated carbocycles. The van der Waals surface area contributed by atoms with E-state index in [0.717, 1.165) is 18.1 Å². The van der Waals surface area contributed by atoms with E-state index in [0.29, 0.717) is 6.61 Å². The smallest absolute Gasteiger partial charge is 0.148 e. The minimum atomic E-state index is 0.222. The highest BCUT2D eigenvalue weighted by Crippen LogP contribution is 2.22. The van der Waals surface area contributed by atoms with Crippen LogP contribution < -0.4 is 4.74 Å². The second-order valence-electron chi connectivity index (χ2n) is 4.75. The van der Waals surface area contributed by atoms with E-state index in [-0.39, 0.29) is 6.04 Å². The van der Waals surface area contributed by atoms with Crippen LogP contribution in [-0.2, 0) is 6.54 Å². The lowest BCUT2D eigenvalue weighted by Gasteiger charge is -2.23. The molecule has 0 aliphatic rings. The Morgan fingerprint density at radius 1 is 1.35 bits per heavy atom. The summed E-state index contributed by atoms with van der Waals surface area (Å²) in [4.78, 5) is 2.22. The summed E-state index contributed by atoms with van der Waals surface area (Å²) in [6, 6.07) is 12.1. The highest BCUT2D eigenvalue weighted by Gasteiger charge is 2.14. The Morgan fingerprint density at radius 3 is 2.90 bits per heavy atom. The van der Waals surface area contributed by atoms with E-state index in [9.17, 15) is 0 Å². The molecule has 1 aromatic carbocycles. The zero-order chi connectivity index (χ0) is 14.4. The number of ether oxygens (including phenoxy) is 1. The lowest BCUT2D eigenvalue weighted by atomic mass is 10.1. The molecule has 0 bridgehead atoms. The van der Waals surface area contributed by atoms with Crippen LogP contribution in [0, 0.1) is 12.3 Å². The second kappa shape index (κ2) is 6.83. The summed E-state index contributed by atoms with van der Waals surface area (Å²) >= 11 is 0. The predicted octanol–water partition coefficient (Wildman–Crippen LogP) is 3.48. The standard InChI is InChI=1S/C17H19NO2/c1-4-10-19-16-8-5-7-15(12-16)13-18(3)14(2)17-9-6-11-20-17/h1,5-9,11-12,14H,10,13H2,2-3H3/t14-/m1/s1. The van der Waals surface area contributed by atoms with Gasteiger partial charge in [-0.1, -0.05) is 18.1 Å². The minimum Gasteiger partial charge on any atom is -0.481 e. The summed E-state index contributed by atoms with van der Waals surface area (Å²) in [7, 11) is 2.07. The van der Waals surface area contributed by atoms with Gasteiger partial charge in [0.25, 0.3) is 0 Å². The molecule has 0 saturated heterocycles. The zero-order valence-corrected chi connectivity index (χ0v) is 11.9. The van der Waals surface area contributed by atoms with Gasteiger partial charge in [-0.05, 0) is 43.8 Å². The molecular formula is C17H19NO2. The van der Waals surface area contributed by atoms with Gasteiger partial charge >= 0.3 is 0 Å². The first-order chi connectivity index (χ1) is 9.70. The number of nitrogens with zero attached hydrogens (tertiary/aromatic N) is 1. The fourth-order valence-electron chi connectivity index (χ4n) is 2.03. The average Bonchev–Trinajstić information content (AvgIpc) is 2.98. The van der Waals surface area contributed by atoms with Gasteiger partial charge in [-0.2, -0.15) is 0 Å². The summed E-state index contributed by atoms with van der Waals surface area (Å²) in [5.41, 5.74) is 1.18. The van der Waals surface area contributed by atoms with Crippen LogP contribution in [0.3, 0.4) is 0 Å². The molecule has 104 valence electrons. The molecular weight excluding hydrogens is 250 g/mol. The topological polar surface area (TPSA) is 25.6 Å². The maximum absolute atomic E-state index is 5.44. The number of terminal acetylenes is 1. The Bertz CT molecular complexity index is 569. The van der Waals surface area contributed by atoms with Crippen LogP contribution in [0.2, 0.25) is 0 Å². The van der Waals surface area contributed by atoms with Crippen molar-refractivity contribution in [1.29, 1.82) is 0 Å². The Balaban J connectivity index is 2.00. The predicted molar refractivity (Wildman–Crippen MR) is 79.4 cm³/mol. The average molecular weight is 269 g/mol. The van der Waals surface area contributed by atoms with Crippen molar-refractivity contribution in [3.63, 3.8) is 0 Å². The van der Waals surface area contributed by atoms with Crippen molar-refractivity contribution in [2.75, 3.05) is 13.7 Å². The largest absolute Gasteiger partial charge is 0.481 e. The molecule has 0 aliphatic carbocycles. The lowest BCUT2D eigenvalue weighted by Crippen LogP contribution is -2.21. The third-order valence-corrected chi connectivity index (χ3v) is 3.27. The second-order valence-corrected chi connectivity index (χ2v) is 4.75. The summed E-state index contributed by atoms with van der Waals surface area (Å²) in [6.45, 7) is 3.23. The third kappa shape index (κ3) is 3.66. The lowest BCUT2D eigenvalue weighted by molar-refractivity contribution is 0.223. The molecule has 20 heavy (non-hydrogen) atoms. The molecule has 1 atom stereocenters. The maximum Gasteiger partial charge on any atom is 0.148 e. The first-order valence-electron chi connectivity index (χ1n) is 6.59. The molecule has 0 aliphatic heterocycles. The molecule has 0 fully saturated rings. The molecule has 0 unspecified atom stereocenters. The number of hydrogen-bond donors (Lipinski definition) is 0. The van der Waals surface area contributed by atoms with Crippen molar-refractivity contribution in [1.82, 2.24) is 4.90 Å². The van der Waals surface area contributed by atoms with E-state index in [1.165, 1.54) is 5.56 Å². The molecule has 3 heteroatoms. The summed E-state index contributed by atoms with van der Waals surface area (Å²) in [5, 5.41) is 0. The van der Waals surface area contributed by atoms with Crippen molar-refractivity contribution in [3.8, 4) is 18.1 Å².